The van der Waals surface area contributed by atoms with Crippen LogP contribution in [0.2, 0.25) is 0 Å². The molecule has 0 bridgehead atoms. The van der Waals surface area contributed by atoms with Gasteiger partial charge in [-0.05, 0) is 47.6 Å². The Hall–Kier alpha value is 0.230. The van der Waals surface area contributed by atoms with Gasteiger partial charge in [0, 0.05) is 10.7 Å². The van der Waals surface area contributed by atoms with E-state index in [0.717, 1.165) is 30.5 Å². The summed E-state index contributed by atoms with van der Waals surface area (Å²) >= 11 is 5.92. The second kappa shape index (κ2) is 6.84. The Kier molecular flexibility index (Phi) is 6.11. The normalized spacial score (nSPS) is 11.5. The zero-order chi connectivity index (χ0) is 12.0. The first-order chi connectivity index (χ1) is 7.67. The third-order valence-electron chi connectivity index (χ3n) is 3.15. The average molecular weight is 397 g/mol. The molecular formula is C13H18BrIO. The molecule has 0 unspecified atom stereocenters. The minimum atomic E-state index is 0.263. The lowest BCUT2D eigenvalue weighted by atomic mass is 9.86. The molecule has 0 saturated heterocycles. The number of rotatable bonds is 6. The number of halogens is 2. The highest BCUT2D eigenvalue weighted by Gasteiger charge is 2.25. The molecule has 1 nitrogen and oxygen atoms in total. The van der Waals surface area contributed by atoms with E-state index in [2.05, 4.69) is 58.4 Å². The van der Waals surface area contributed by atoms with Gasteiger partial charge in [0.05, 0.1) is 10.2 Å². The first kappa shape index (κ1) is 14.3. The van der Waals surface area contributed by atoms with E-state index in [-0.39, 0.29) is 5.41 Å². The van der Waals surface area contributed by atoms with Crippen molar-refractivity contribution in [3.05, 3.63) is 27.8 Å². The molecule has 16 heavy (non-hydrogen) atoms. The van der Waals surface area contributed by atoms with E-state index in [4.69, 9.17) is 4.74 Å². The van der Waals surface area contributed by atoms with Gasteiger partial charge in [-0.1, -0.05) is 41.9 Å². The van der Waals surface area contributed by atoms with E-state index in [0.29, 0.717) is 0 Å². The first-order valence-electron chi connectivity index (χ1n) is 5.60. The highest BCUT2D eigenvalue weighted by Crippen LogP contribution is 2.30. The lowest BCUT2D eigenvalue weighted by Gasteiger charge is -2.29. The van der Waals surface area contributed by atoms with Crippen molar-refractivity contribution in [2.45, 2.75) is 26.7 Å². The van der Waals surface area contributed by atoms with Gasteiger partial charge in [0.15, 0.2) is 0 Å². The van der Waals surface area contributed by atoms with Crippen molar-refractivity contribution >= 4 is 38.5 Å². The SMILES string of the molecule is CCC(CC)(CBr)COc1ccccc1I. The summed E-state index contributed by atoms with van der Waals surface area (Å²) in [6, 6.07) is 8.16. The van der Waals surface area contributed by atoms with Crippen LogP contribution < -0.4 is 4.74 Å². The van der Waals surface area contributed by atoms with Gasteiger partial charge in [0.25, 0.3) is 0 Å². The molecule has 0 aromatic heterocycles. The van der Waals surface area contributed by atoms with Crippen LogP contribution >= 0.6 is 38.5 Å². The van der Waals surface area contributed by atoms with Crippen LogP contribution in [0.5, 0.6) is 5.75 Å². The number of para-hydroxylation sites is 1. The molecule has 0 aliphatic rings. The third-order valence-corrected chi connectivity index (χ3v) is 5.23. The highest BCUT2D eigenvalue weighted by molar-refractivity contribution is 14.1. The summed E-state index contributed by atoms with van der Waals surface area (Å²) in [5.74, 6) is 0.996. The molecule has 0 aliphatic heterocycles. The molecular weight excluding hydrogens is 379 g/mol. The summed E-state index contributed by atoms with van der Waals surface area (Å²) in [4.78, 5) is 0. The summed E-state index contributed by atoms with van der Waals surface area (Å²) in [6.07, 6.45) is 2.27. The van der Waals surface area contributed by atoms with Gasteiger partial charge in [0.1, 0.15) is 5.75 Å². The van der Waals surface area contributed by atoms with Crippen molar-refractivity contribution in [2.75, 3.05) is 11.9 Å². The summed E-state index contributed by atoms with van der Waals surface area (Å²) < 4.78 is 7.11. The van der Waals surface area contributed by atoms with E-state index in [1.807, 2.05) is 18.2 Å². The van der Waals surface area contributed by atoms with Crippen LogP contribution in [0.1, 0.15) is 26.7 Å². The quantitative estimate of drug-likeness (QED) is 0.492. The van der Waals surface area contributed by atoms with Crippen LogP contribution in [0, 0.1) is 8.99 Å². The summed E-state index contributed by atoms with van der Waals surface area (Å²) in [5, 5.41) is 0.996. The lowest BCUT2D eigenvalue weighted by Crippen LogP contribution is -2.29. The fourth-order valence-electron chi connectivity index (χ4n) is 1.47. The van der Waals surface area contributed by atoms with E-state index < -0.39 is 0 Å². The Morgan fingerprint density at radius 3 is 2.38 bits per heavy atom. The van der Waals surface area contributed by atoms with Gasteiger partial charge in [-0.3, -0.25) is 0 Å². The molecule has 3 heteroatoms. The minimum Gasteiger partial charge on any atom is -0.492 e. The highest BCUT2D eigenvalue weighted by atomic mass is 127. The van der Waals surface area contributed by atoms with E-state index in [1.165, 1.54) is 3.57 Å². The molecule has 1 aromatic carbocycles. The molecule has 0 amide bonds. The Morgan fingerprint density at radius 2 is 1.88 bits per heavy atom. The topological polar surface area (TPSA) is 9.23 Å². The molecule has 0 saturated carbocycles. The Labute approximate surface area is 120 Å². The van der Waals surface area contributed by atoms with E-state index in [1.54, 1.807) is 0 Å². The van der Waals surface area contributed by atoms with E-state index in [9.17, 15) is 0 Å². The van der Waals surface area contributed by atoms with E-state index >= 15 is 0 Å². The summed E-state index contributed by atoms with van der Waals surface area (Å²) in [6.45, 7) is 5.24. The molecule has 90 valence electrons. The maximum atomic E-state index is 5.94. The van der Waals surface area contributed by atoms with Crippen molar-refractivity contribution < 1.29 is 4.74 Å². The van der Waals surface area contributed by atoms with Crippen molar-refractivity contribution in [3.8, 4) is 5.75 Å². The zero-order valence-electron chi connectivity index (χ0n) is 9.80. The number of hydrogen-bond acceptors (Lipinski definition) is 1. The largest absolute Gasteiger partial charge is 0.492 e. The number of ether oxygens (including phenoxy) is 1. The van der Waals surface area contributed by atoms with Crippen LogP contribution in [0.15, 0.2) is 24.3 Å². The van der Waals surface area contributed by atoms with Crippen LogP contribution in [-0.2, 0) is 0 Å². The second-order valence-electron chi connectivity index (χ2n) is 4.06. The fourth-order valence-corrected chi connectivity index (χ4v) is 2.97. The van der Waals surface area contributed by atoms with Crippen molar-refractivity contribution in [1.82, 2.24) is 0 Å². The zero-order valence-corrected chi connectivity index (χ0v) is 13.5. The van der Waals surface area contributed by atoms with Crippen molar-refractivity contribution in [1.29, 1.82) is 0 Å². The molecule has 0 N–H and O–H groups in total. The predicted molar refractivity (Wildman–Crippen MR) is 81.5 cm³/mol. The Morgan fingerprint density at radius 1 is 1.25 bits per heavy atom. The molecule has 0 aliphatic carbocycles. The lowest BCUT2D eigenvalue weighted by molar-refractivity contribution is 0.157. The number of hydrogen-bond donors (Lipinski definition) is 0. The summed E-state index contributed by atoms with van der Waals surface area (Å²) in [7, 11) is 0. The monoisotopic (exact) mass is 396 g/mol. The maximum Gasteiger partial charge on any atom is 0.132 e. The molecule has 1 aromatic rings. The molecule has 1 rings (SSSR count). The smallest absolute Gasteiger partial charge is 0.132 e. The van der Waals surface area contributed by atoms with Gasteiger partial charge < -0.3 is 4.74 Å². The molecule has 0 fully saturated rings. The number of alkyl halides is 1. The second-order valence-corrected chi connectivity index (χ2v) is 5.78. The molecule has 0 radical (unpaired) electrons. The van der Waals surface area contributed by atoms with Gasteiger partial charge in [-0.2, -0.15) is 0 Å². The average Bonchev–Trinajstić information content (AvgIpc) is 2.34. The van der Waals surface area contributed by atoms with Crippen LogP contribution in [0.25, 0.3) is 0 Å². The minimum absolute atomic E-state index is 0.263. The first-order valence-corrected chi connectivity index (χ1v) is 7.81. The standard InChI is InChI=1S/C13H18BrIO/c1-3-13(4-2,9-14)10-16-12-8-6-5-7-11(12)15/h5-8H,3-4,9-10H2,1-2H3. The van der Waals surface area contributed by atoms with Gasteiger partial charge in [-0.25, -0.2) is 0 Å². The predicted octanol–water partition coefficient (Wildman–Crippen LogP) is 4.87. The molecule has 0 atom stereocenters. The van der Waals surface area contributed by atoms with Crippen molar-refractivity contribution in [3.63, 3.8) is 0 Å². The van der Waals surface area contributed by atoms with Gasteiger partial charge >= 0.3 is 0 Å². The Bertz CT molecular complexity index is 315. The maximum absolute atomic E-state index is 5.94. The van der Waals surface area contributed by atoms with Crippen LogP contribution in [-0.4, -0.2) is 11.9 Å². The molecule has 0 heterocycles. The fraction of sp³-hybridized carbons (Fsp3) is 0.538. The van der Waals surface area contributed by atoms with Crippen molar-refractivity contribution in [2.24, 2.45) is 5.41 Å². The van der Waals surface area contributed by atoms with Gasteiger partial charge in [-0.15, -0.1) is 0 Å². The molecule has 0 spiro atoms. The Balaban J connectivity index is 2.66. The van der Waals surface area contributed by atoms with Crippen LogP contribution in [0.4, 0.5) is 0 Å². The van der Waals surface area contributed by atoms with Gasteiger partial charge in [0.2, 0.25) is 0 Å². The number of benzene rings is 1. The van der Waals surface area contributed by atoms with Crippen LogP contribution in [0.3, 0.4) is 0 Å². The summed E-state index contributed by atoms with van der Waals surface area (Å²) in [5.41, 5.74) is 0.263. The third kappa shape index (κ3) is 3.62.